The van der Waals surface area contributed by atoms with E-state index in [2.05, 4.69) is 50.2 Å². The summed E-state index contributed by atoms with van der Waals surface area (Å²) in [5.41, 5.74) is 2.83. The molecule has 4 N–H and O–H groups in total. The van der Waals surface area contributed by atoms with E-state index in [9.17, 15) is 19.8 Å². The number of benzene rings is 2. The highest BCUT2D eigenvalue weighted by Crippen LogP contribution is 2.61. The first kappa shape index (κ1) is 41.9. The van der Waals surface area contributed by atoms with Gasteiger partial charge in [0.25, 0.3) is 5.91 Å². The molecule has 4 aliphatic rings. The first-order valence-electron chi connectivity index (χ1n) is 19.5. The molecule has 2 amide bonds. The quantitative estimate of drug-likeness (QED) is 0.200. The van der Waals surface area contributed by atoms with Gasteiger partial charge in [-0.25, -0.2) is 4.39 Å². The number of anilines is 1. The van der Waals surface area contributed by atoms with Crippen LogP contribution in [0.4, 0.5) is 10.1 Å². The number of halogens is 1. The highest BCUT2D eigenvalue weighted by atomic mass is 19.1. The second-order valence-corrected chi connectivity index (χ2v) is 17.6. The highest BCUT2D eigenvalue weighted by molar-refractivity contribution is 5.97. The second-order valence-electron chi connectivity index (χ2n) is 17.6. The van der Waals surface area contributed by atoms with Crippen molar-refractivity contribution in [3.05, 3.63) is 47.3 Å². The van der Waals surface area contributed by atoms with Crippen LogP contribution in [0.3, 0.4) is 0 Å². The lowest BCUT2D eigenvalue weighted by atomic mass is 9.45. The molecule has 0 radical (unpaired) electrons. The Balaban J connectivity index is 1.48. The highest BCUT2D eigenvalue weighted by Gasteiger charge is 2.57. The van der Waals surface area contributed by atoms with Crippen molar-refractivity contribution in [2.45, 2.75) is 97.7 Å². The zero-order valence-electron chi connectivity index (χ0n) is 34.1. The van der Waals surface area contributed by atoms with E-state index in [-0.39, 0.29) is 53.1 Å². The van der Waals surface area contributed by atoms with Gasteiger partial charge in [0, 0.05) is 61.0 Å². The molecule has 6 rings (SSSR count). The van der Waals surface area contributed by atoms with Gasteiger partial charge in [-0.2, -0.15) is 5.06 Å². The molecule has 12 heteroatoms. The summed E-state index contributed by atoms with van der Waals surface area (Å²) in [6.07, 6.45) is 0.989. The van der Waals surface area contributed by atoms with Gasteiger partial charge in [-0.05, 0) is 105 Å². The van der Waals surface area contributed by atoms with E-state index < -0.39 is 36.6 Å². The van der Waals surface area contributed by atoms with Gasteiger partial charge in [0.15, 0.2) is 0 Å². The molecule has 0 spiro atoms. The number of carbonyl (C=O) groups is 2. The number of rotatable bonds is 15. The average molecular weight is 754 g/mol. The molecule has 300 valence electrons. The molecule has 2 aromatic rings. The molecule has 3 saturated carbocycles. The summed E-state index contributed by atoms with van der Waals surface area (Å²) in [5.74, 6) is 0.0773. The predicted octanol–water partition coefficient (Wildman–Crippen LogP) is 4.93. The van der Waals surface area contributed by atoms with Gasteiger partial charge in [-0.1, -0.05) is 34.6 Å². The number of likely N-dealkylation sites (N-methyl/N-ethyl adjacent to an activating group) is 1. The first-order valence-corrected chi connectivity index (χ1v) is 19.5. The fraction of sp³-hybridized carbons (Fsp3) is 0.667. The Kier molecular flexibility index (Phi) is 13.0. The summed E-state index contributed by atoms with van der Waals surface area (Å²) >= 11 is 0. The third-order valence-corrected chi connectivity index (χ3v) is 12.5. The zero-order valence-corrected chi connectivity index (χ0v) is 34.1. The molecule has 2 bridgehead atoms. The van der Waals surface area contributed by atoms with Gasteiger partial charge in [0.2, 0.25) is 5.91 Å². The minimum absolute atomic E-state index is 0.0348. The van der Waals surface area contributed by atoms with Gasteiger partial charge in [0.05, 0.1) is 26.4 Å². The summed E-state index contributed by atoms with van der Waals surface area (Å²) in [7, 11) is 9.22. The van der Waals surface area contributed by atoms with Crippen LogP contribution in [0.25, 0.3) is 11.1 Å². The van der Waals surface area contributed by atoms with Crippen LogP contribution in [0.1, 0.15) is 76.7 Å². The molecule has 11 nitrogen and oxygen atoms in total. The van der Waals surface area contributed by atoms with Crippen LogP contribution in [0.2, 0.25) is 0 Å². The molecule has 1 aliphatic heterocycles. The normalized spacial score (nSPS) is 27.4. The smallest absolute Gasteiger partial charge is 0.251 e. The number of hydrogen-bond acceptors (Lipinski definition) is 9. The van der Waals surface area contributed by atoms with E-state index in [0.29, 0.717) is 41.0 Å². The van der Waals surface area contributed by atoms with Gasteiger partial charge in [-0.15, -0.1) is 0 Å². The number of hydrogen-bond donors (Lipinski definition) is 4. The van der Waals surface area contributed by atoms with Crippen LogP contribution in [-0.2, 0) is 16.2 Å². The minimum atomic E-state index is -0.998. The standard InChI is InChI=1S/C42H64FN5O6/c1-23(2)14-29(20-46(7)8)44-40(51)27-15-26(16-30(17-27)47(9)10)31-12-13-34(43)32(39(31)53-11)21-48-38(37(25(4)50)36(22-49)54-48)41(52)45-35-19-28-18-33(24(35)3)42(28,5)6/h12-13,15-17,23-25,28-29,33,35-38,49-50H,14,18-22H2,1-11H3,(H,44,51)(H,45,52)/t24-,25-,28+,29-,33-,35-,36-,37-,38-/m0/s1. The lowest BCUT2D eigenvalue weighted by Crippen LogP contribution is -2.62. The van der Waals surface area contributed by atoms with Crippen LogP contribution in [0.15, 0.2) is 30.3 Å². The van der Waals surface area contributed by atoms with Gasteiger partial charge in [0.1, 0.15) is 23.7 Å². The molecule has 2 aromatic carbocycles. The SMILES string of the molecule is COc1c(-c2cc(C(=O)N[C@@H](CC(C)C)CN(C)C)cc(N(C)C)c2)ccc(F)c1CN1O[C@@H](CO)[C@H]([C@H](C)O)[C@H]1C(=O)N[C@H]1C[C@H]2C[C@@H]([C@@H]1C)C2(C)C. The minimum Gasteiger partial charge on any atom is -0.496 e. The predicted molar refractivity (Wildman–Crippen MR) is 210 cm³/mol. The summed E-state index contributed by atoms with van der Waals surface area (Å²) in [5, 5.41) is 29.2. The maximum atomic E-state index is 16.0. The van der Waals surface area contributed by atoms with Gasteiger partial charge in [-0.3, -0.25) is 14.4 Å². The summed E-state index contributed by atoms with van der Waals surface area (Å²) in [4.78, 5) is 38.2. The fourth-order valence-corrected chi connectivity index (χ4v) is 9.47. The van der Waals surface area contributed by atoms with Crippen LogP contribution in [-0.4, -0.2) is 111 Å². The summed E-state index contributed by atoms with van der Waals surface area (Å²) < 4.78 is 22.0. The Morgan fingerprint density at radius 3 is 2.37 bits per heavy atom. The Bertz CT molecular complexity index is 1640. The number of nitrogens with one attached hydrogen (secondary N) is 2. The van der Waals surface area contributed by atoms with Crippen molar-refractivity contribution >= 4 is 17.5 Å². The van der Waals surface area contributed by atoms with Crippen molar-refractivity contribution in [3.8, 4) is 16.9 Å². The topological polar surface area (TPSA) is 127 Å². The molecular formula is C42H64FN5O6. The van der Waals surface area contributed by atoms with Crippen molar-refractivity contribution < 1.29 is 33.8 Å². The summed E-state index contributed by atoms with van der Waals surface area (Å²) in [6.45, 7) is 12.7. The maximum absolute atomic E-state index is 16.0. The fourth-order valence-electron chi connectivity index (χ4n) is 9.47. The number of fused-ring (bicyclic) bond motifs is 2. The van der Waals surface area contributed by atoms with Crippen molar-refractivity contribution in [2.24, 2.45) is 35.0 Å². The number of amides is 2. The lowest BCUT2D eigenvalue weighted by molar-refractivity contribution is -0.183. The molecular weight excluding hydrogens is 689 g/mol. The van der Waals surface area contributed by atoms with Crippen molar-refractivity contribution in [1.29, 1.82) is 0 Å². The van der Waals surface area contributed by atoms with Gasteiger partial charge < -0.3 is 35.4 Å². The van der Waals surface area contributed by atoms with E-state index in [1.807, 2.05) is 45.2 Å². The largest absolute Gasteiger partial charge is 0.496 e. The van der Waals surface area contributed by atoms with Crippen LogP contribution in [0, 0.1) is 40.8 Å². The molecule has 1 saturated heterocycles. The second kappa shape index (κ2) is 16.8. The van der Waals surface area contributed by atoms with Crippen LogP contribution < -0.4 is 20.3 Å². The van der Waals surface area contributed by atoms with Crippen molar-refractivity contribution in [2.75, 3.05) is 53.4 Å². The number of methoxy groups -OCH3 is 1. The first-order chi connectivity index (χ1) is 25.4. The Morgan fingerprint density at radius 2 is 1.81 bits per heavy atom. The third kappa shape index (κ3) is 8.58. The van der Waals surface area contributed by atoms with E-state index in [1.165, 1.54) is 18.2 Å². The van der Waals surface area contributed by atoms with Gasteiger partial charge >= 0.3 is 0 Å². The average Bonchev–Trinajstić information content (AvgIpc) is 3.47. The maximum Gasteiger partial charge on any atom is 0.251 e. The van der Waals surface area contributed by atoms with Crippen molar-refractivity contribution in [3.63, 3.8) is 0 Å². The zero-order chi connectivity index (χ0) is 39.8. The van der Waals surface area contributed by atoms with E-state index in [1.54, 1.807) is 19.1 Å². The summed E-state index contributed by atoms with van der Waals surface area (Å²) in [6, 6.07) is 7.44. The van der Waals surface area contributed by atoms with E-state index in [4.69, 9.17) is 9.57 Å². The number of hydroxylamine groups is 2. The van der Waals surface area contributed by atoms with E-state index in [0.717, 1.165) is 24.9 Å². The number of carbonyl (C=O) groups excluding carboxylic acids is 2. The Morgan fingerprint density at radius 1 is 1.11 bits per heavy atom. The lowest BCUT2D eigenvalue weighted by Gasteiger charge is -2.62. The number of aliphatic hydroxyl groups excluding tert-OH is 2. The molecule has 4 fully saturated rings. The molecule has 0 unspecified atom stereocenters. The molecule has 54 heavy (non-hydrogen) atoms. The number of aliphatic hydroxyl groups is 2. The Hall–Kier alpha value is -3.29. The number of ether oxygens (including phenoxy) is 1. The molecule has 0 aromatic heterocycles. The third-order valence-electron chi connectivity index (χ3n) is 12.5. The number of nitrogens with zero attached hydrogens (tertiary/aromatic N) is 3. The Labute approximate surface area is 321 Å². The monoisotopic (exact) mass is 753 g/mol. The molecule has 1 heterocycles. The van der Waals surface area contributed by atoms with Crippen molar-refractivity contribution in [1.82, 2.24) is 20.6 Å². The van der Waals surface area contributed by atoms with E-state index >= 15 is 4.39 Å². The van der Waals surface area contributed by atoms with Crippen LogP contribution in [0.5, 0.6) is 5.75 Å². The molecule has 3 aliphatic carbocycles. The van der Waals surface area contributed by atoms with Crippen LogP contribution >= 0.6 is 0 Å². The molecule has 9 atom stereocenters.